The summed E-state index contributed by atoms with van der Waals surface area (Å²) in [6.07, 6.45) is 0. The molecule has 1 aliphatic heterocycles. The van der Waals surface area contributed by atoms with Gasteiger partial charge in [0.1, 0.15) is 5.54 Å². The van der Waals surface area contributed by atoms with Crippen LogP contribution in [0, 0.1) is 13.8 Å². The lowest BCUT2D eigenvalue weighted by molar-refractivity contribution is -0.131. The molecule has 1 saturated heterocycles. The lowest BCUT2D eigenvalue weighted by Crippen LogP contribution is -2.63. The summed E-state index contributed by atoms with van der Waals surface area (Å²) >= 11 is 1.45. The number of carbonyl (C=O) groups excluding carboxylic acids is 1. The molecule has 1 fully saturated rings. The van der Waals surface area contributed by atoms with Gasteiger partial charge in [-0.15, -0.1) is 11.3 Å². The highest BCUT2D eigenvalue weighted by atomic mass is 32.2. The summed E-state index contributed by atoms with van der Waals surface area (Å²) in [5, 5.41) is 2.70. The fourth-order valence-electron chi connectivity index (χ4n) is 2.28. The smallest absolute Gasteiger partial charge is 0.245 e. The van der Waals surface area contributed by atoms with E-state index in [1.165, 1.54) is 15.6 Å². The Bertz CT molecular complexity index is 617. The average Bonchev–Trinajstić information content (AvgIpc) is 2.62. The van der Waals surface area contributed by atoms with Gasteiger partial charge in [0.05, 0.1) is 4.90 Å². The van der Waals surface area contributed by atoms with E-state index in [9.17, 15) is 13.2 Å². The number of piperazine rings is 1. The van der Waals surface area contributed by atoms with E-state index in [1.807, 2.05) is 6.92 Å². The Hall–Kier alpha value is -0.920. The van der Waals surface area contributed by atoms with Gasteiger partial charge in [-0.25, -0.2) is 8.42 Å². The van der Waals surface area contributed by atoms with Crippen LogP contribution in [0.15, 0.2) is 11.0 Å². The van der Waals surface area contributed by atoms with E-state index in [4.69, 9.17) is 0 Å². The van der Waals surface area contributed by atoms with Gasteiger partial charge >= 0.3 is 0 Å². The zero-order valence-corrected chi connectivity index (χ0v) is 13.1. The number of hydrogen-bond acceptors (Lipinski definition) is 4. The normalized spacial score (nSPS) is 20.3. The van der Waals surface area contributed by atoms with E-state index >= 15 is 0 Å². The average molecular weight is 302 g/mol. The SMILES string of the molecule is Cc1cc(S(=O)(=O)N2CCNC(=O)C2(C)C)c(C)s1. The van der Waals surface area contributed by atoms with Crippen LogP contribution in [0.1, 0.15) is 23.6 Å². The molecule has 0 radical (unpaired) electrons. The Labute approximate surface area is 117 Å². The first-order valence-corrected chi connectivity index (χ1v) is 8.31. The van der Waals surface area contributed by atoms with Gasteiger partial charge in [0.2, 0.25) is 15.9 Å². The molecule has 1 aromatic rings. The van der Waals surface area contributed by atoms with Crippen LogP contribution < -0.4 is 5.32 Å². The maximum Gasteiger partial charge on any atom is 0.245 e. The molecule has 7 heteroatoms. The van der Waals surface area contributed by atoms with Gasteiger partial charge in [-0.05, 0) is 33.8 Å². The van der Waals surface area contributed by atoms with E-state index in [1.54, 1.807) is 26.8 Å². The van der Waals surface area contributed by atoms with E-state index in [-0.39, 0.29) is 5.91 Å². The lowest BCUT2D eigenvalue weighted by Gasteiger charge is -2.39. The van der Waals surface area contributed by atoms with Gasteiger partial charge in [-0.3, -0.25) is 4.79 Å². The molecular formula is C12H18N2O3S2. The minimum Gasteiger partial charge on any atom is -0.353 e. The van der Waals surface area contributed by atoms with Crippen LogP contribution in [0.5, 0.6) is 0 Å². The standard InChI is InChI=1S/C12H18N2O3S2/c1-8-7-10(9(2)18-8)19(16,17)14-6-5-13-11(15)12(14,3)4/h7H,5-6H2,1-4H3,(H,13,15). The summed E-state index contributed by atoms with van der Waals surface area (Å²) in [7, 11) is -3.63. The highest BCUT2D eigenvalue weighted by Gasteiger charge is 2.45. The van der Waals surface area contributed by atoms with Crippen molar-refractivity contribution in [2.75, 3.05) is 13.1 Å². The number of rotatable bonds is 2. The molecule has 19 heavy (non-hydrogen) atoms. The zero-order valence-electron chi connectivity index (χ0n) is 11.5. The van der Waals surface area contributed by atoms with Crippen molar-refractivity contribution in [2.45, 2.75) is 38.1 Å². The van der Waals surface area contributed by atoms with Gasteiger partial charge in [0.25, 0.3) is 0 Å². The van der Waals surface area contributed by atoms with Crippen molar-refractivity contribution in [3.05, 3.63) is 15.8 Å². The van der Waals surface area contributed by atoms with Crippen LogP contribution in [0.2, 0.25) is 0 Å². The summed E-state index contributed by atoms with van der Waals surface area (Å²) in [6, 6.07) is 1.68. The van der Waals surface area contributed by atoms with Gasteiger partial charge in [0, 0.05) is 22.8 Å². The number of hydrogen-bond donors (Lipinski definition) is 1. The minimum absolute atomic E-state index is 0.257. The Morgan fingerprint density at radius 3 is 2.53 bits per heavy atom. The van der Waals surface area contributed by atoms with Crippen LogP contribution in [-0.2, 0) is 14.8 Å². The maximum atomic E-state index is 12.7. The molecule has 0 bridgehead atoms. The molecule has 1 N–H and O–H groups in total. The summed E-state index contributed by atoms with van der Waals surface area (Å²) in [5.74, 6) is -0.257. The molecule has 0 unspecified atom stereocenters. The van der Waals surface area contributed by atoms with E-state index in [2.05, 4.69) is 5.32 Å². The van der Waals surface area contributed by atoms with Crippen molar-refractivity contribution in [1.82, 2.24) is 9.62 Å². The molecule has 0 spiro atoms. The predicted molar refractivity (Wildman–Crippen MR) is 74.8 cm³/mol. The summed E-state index contributed by atoms with van der Waals surface area (Å²) in [4.78, 5) is 13.9. The quantitative estimate of drug-likeness (QED) is 0.894. The largest absolute Gasteiger partial charge is 0.353 e. The molecule has 1 amide bonds. The molecule has 0 aliphatic carbocycles. The fraction of sp³-hybridized carbons (Fsp3) is 0.583. The fourth-order valence-corrected chi connectivity index (χ4v) is 5.56. The highest BCUT2D eigenvalue weighted by Crippen LogP contribution is 2.32. The van der Waals surface area contributed by atoms with E-state index in [0.29, 0.717) is 18.0 Å². The van der Waals surface area contributed by atoms with Gasteiger partial charge in [-0.2, -0.15) is 4.31 Å². The minimum atomic E-state index is -3.63. The Kier molecular flexibility index (Phi) is 3.49. The highest BCUT2D eigenvalue weighted by molar-refractivity contribution is 7.89. The van der Waals surface area contributed by atoms with E-state index < -0.39 is 15.6 Å². The van der Waals surface area contributed by atoms with Crippen molar-refractivity contribution in [2.24, 2.45) is 0 Å². The third kappa shape index (κ3) is 2.30. The van der Waals surface area contributed by atoms with Gasteiger partial charge < -0.3 is 5.32 Å². The second kappa shape index (κ2) is 4.57. The number of carbonyl (C=O) groups is 1. The zero-order chi connectivity index (χ0) is 14.4. The molecule has 1 aliphatic rings. The number of aryl methyl sites for hydroxylation is 2. The van der Waals surface area contributed by atoms with Crippen LogP contribution >= 0.6 is 11.3 Å². The molecule has 5 nitrogen and oxygen atoms in total. The number of sulfonamides is 1. The molecule has 106 valence electrons. The maximum absolute atomic E-state index is 12.7. The molecule has 2 rings (SSSR count). The van der Waals surface area contributed by atoms with Crippen LogP contribution in [-0.4, -0.2) is 37.3 Å². The summed E-state index contributed by atoms with van der Waals surface area (Å²) in [6.45, 7) is 7.59. The van der Waals surface area contributed by atoms with Gasteiger partial charge in [0.15, 0.2) is 0 Å². The van der Waals surface area contributed by atoms with Crippen molar-refractivity contribution in [3.8, 4) is 0 Å². The molecule has 2 heterocycles. The monoisotopic (exact) mass is 302 g/mol. The number of thiophene rings is 1. The van der Waals surface area contributed by atoms with Crippen molar-refractivity contribution < 1.29 is 13.2 Å². The number of nitrogens with zero attached hydrogens (tertiary/aromatic N) is 1. The molecular weight excluding hydrogens is 284 g/mol. The topological polar surface area (TPSA) is 66.5 Å². The predicted octanol–water partition coefficient (Wildman–Crippen LogP) is 1.26. The van der Waals surface area contributed by atoms with Crippen LogP contribution in [0.25, 0.3) is 0 Å². The van der Waals surface area contributed by atoms with Crippen molar-refractivity contribution in [3.63, 3.8) is 0 Å². The molecule has 0 atom stereocenters. The van der Waals surface area contributed by atoms with E-state index in [0.717, 1.165) is 9.75 Å². The van der Waals surface area contributed by atoms with Crippen LogP contribution in [0.4, 0.5) is 0 Å². The first-order chi connectivity index (χ1) is 8.67. The lowest BCUT2D eigenvalue weighted by atomic mass is 10.0. The van der Waals surface area contributed by atoms with Crippen LogP contribution in [0.3, 0.4) is 0 Å². The Morgan fingerprint density at radius 1 is 1.37 bits per heavy atom. The second-order valence-electron chi connectivity index (χ2n) is 5.17. The third-order valence-corrected chi connectivity index (χ3v) is 6.64. The first kappa shape index (κ1) is 14.5. The molecule has 0 saturated carbocycles. The molecule has 0 aromatic carbocycles. The third-order valence-electron chi connectivity index (χ3n) is 3.34. The molecule has 1 aromatic heterocycles. The number of nitrogens with one attached hydrogen (secondary N) is 1. The van der Waals surface area contributed by atoms with Crippen molar-refractivity contribution in [1.29, 1.82) is 0 Å². The Balaban J connectivity index is 2.50. The first-order valence-electron chi connectivity index (χ1n) is 6.05. The Morgan fingerprint density at radius 2 is 2.00 bits per heavy atom. The van der Waals surface area contributed by atoms with Crippen molar-refractivity contribution >= 4 is 27.3 Å². The summed E-state index contributed by atoms with van der Waals surface area (Å²) in [5.41, 5.74) is -1.06. The number of amides is 1. The van der Waals surface area contributed by atoms with Gasteiger partial charge in [-0.1, -0.05) is 0 Å². The summed E-state index contributed by atoms with van der Waals surface area (Å²) < 4.78 is 26.8. The second-order valence-corrected chi connectivity index (χ2v) is 8.46.